The van der Waals surface area contributed by atoms with Crippen molar-refractivity contribution in [1.29, 1.82) is 0 Å². The van der Waals surface area contributed by atoms with Crippen LogP contribution in [0.4, 0.5) is 5.69 Å². The quantitative estimate of drug-likeness (QED) is 0.862. The first kappa shape index (κ1) is 12.7. The van der Waals surface area contributed by atoms with Gasteiger partial charge in [0.2, 0.25) is 0 Å². The Hall–Kier alpha value is -2.30. The Bertz CT molecular complexity index is 683. The van der Waals surface area contributed by atoms with Gasteiger partial charge >= 0.3 is 0 Å². The third-order valence-corrected chi connectivity index (χ3v) is 3.39. The molecule has 0 atom stereocenters. The van der Waals surface area contributed by atoms with Crippen molar-refractivity contribution in [3.63, 3.8) is 0 Å². The molecule has 0 aliphatic carbocycles. The van der Waals surface area contributed by atoms with Gasteiger partial charge in [-0.25, -0.2) is 9.97 Å². The van der Waals surface area contributed by atoms with Crippen LogP contribution in [0.25, 0.3) is 11.3 Å². The predicted molar refractivity (Wildman–Crippen MR) is 77.1 cm³/mol. The Labute approximate surface area is 117 Å². The zero-order chi connectivity index (χ0) is 14.3. The number of benzene rings is 1. The second-order valence-electron chi connectivity index (χ2n) is 4.93. The lowest BCUT2D eigenvalue weighted by Crippen LogP contribution is -2.15. The standard InChI is InChI=1S/C15H17N3O2/c1-8-6-12-13(20-5-4-19-12)7-11(8)15-14(16)9(2)17-10(3)18-15/h6-7H,4-5,16H2,1-3H3. The van der Waals surface area contributed by atoms with Gasteiger partial charge in [0.25, 0.3) is 0 Å². The van der Waals surface area contributed by atoms with Crippen molar-refractivity contribution >= 4 is 5.69 Å². The minimum Gasteiger partial charge on any atom is -0.486 e. The van der Waals surface area contributed by atoms with Gasteiger partial charge in [-0.15, -0.1) is 0 Å². The van der Waals surface area contributed by atoms with Crippen molar-refractivity contribution in [3.8, 4) is 22.8 Å². The Morgan fingerprint density at radius 1 is 1.00 bits per heavy atom. The molecule has 0 spiro atoms. The van der Waals surface area contributed by atoms with E-state index >= 15 is 0 Å². The molecule has 1 aliphatic heterocycles. The van der Waals surface area contributed by atoms with E-state index < -0.39 is 0 Å². The molecular weight excluding hydrogens is 254 g/mol. The van der Waals surface area contributed by atoms with Gasteiger partial charge in [0.15, 0.2) is 11.5 Å². The van der Waals surface area contributed by atoms with Gasteiger partial charge < -0.3 is 15.2 Å². The molecule has 0 fully saturated rings. The number of anilines is 1. The molecule has 1 aromatic carbocycles. The van der Waals surface area contributed by atoms with E-state index in [1.54, 1.807) is 0 Å². The maximum atomic E-state index is 6.13. The summed E-state index contributed by atoms with van der Waals surface area (Å²) in [7, 11) is 0. The summed E-state index contributed by atoms with van der Waals surface area (Å²) < 4.78 is 11.2. The Morgan fingerprint density at radius 3 is 2.35 bits per heavy atom. The van der Waals surface area contributed by atoms with Crippen LogP contribution in [0.5, 0.6) is 11.5 Å². The maximum absolute atomic E-state index is 6.13. The number of nitrogens with zero attached hydrogens (tertiary/aromatic N) is 2. The average Bonchev–Trinajstić information content (AvgIpc) is 2.42. The fourth-order valence-electron chi connectivity index (χ4n) is 2.37. The van der Waals surface area contributed by atoms with E-state index in [9.17, 15) is 0 Å². The van der Waals surface area contributed by atoms with Gasteiger partial charge in [0, 0.05) is 5.56 Å². The van der Waals surface area contributed by atoms with Crippen molar-refractivity contribution < 1.29 is 9.47 Å². The number of aryl methyl sites for hydroxylation is 3. The second-order valence-corrected chi connectivity index (χ2v) is 4.93. The van der Waals surface area contributed by atoms with E-state index in [1.807, 2.05) is 32.9 Å². The van der Waals surface area contributed by atoms with E-state index in [-0.39, 0.29) is 0 Å². The SMILES string of the molecule is Cc1nc(C)c(N)c(-c2cc3c(cc2C)OCCO3)n1. The third-order valence-electron chi connectivity index (χ3n) is 3.39. The van der Waals surface area contributed by atoms with Gasteiger partial charge in [0.05, 0.1) is 17.1 Å². The predicted octanol–water partition coefficient (Wildman–Crippen LogP) is 2.42. The molecule has 2 heterocycles. The van der Waals surface area contributed by atoms with Crippen LogP contribution in [0.2, 0.25) is 0 Å². The number of hydrogen-bond acceptors (Lipinski definition) is 5. The van der Waals surface area contributed by atoms with Crippen molar-refractivity contribution in [1.82, 2.24) is 9.97 Å². The normalized spacial score (nSPS) is 13.3. The zero-order valence-corrected chi connectivity index (χ0v) is 11.9. The number of hydrogen-bond donors (Lipinski definition) is 1. The minimum absolute atomic E-state index is 0.562. The van der Waals surface area contributed by atoms with Crippen LogP contribution in [0, 0.1) is 20.8 Å². The zero-order valence-electron chi connectivity index (χ0n) is 11.9. The molecule has 0 saturated carbocycles. The van der Waals surface area contributed by atoms with Gasteiger partial charge in [-0.2, -0.15) is 0 Å². The molecule has 0 radical (unpaired) electrons. The van der Waals surface area contributed by atoms with Gasteiger partial charge in [0.1, 0.15) is 19.0 Å². The first-order valence-corrected chi connectivity index (χ1v) is 6.57. The van der Waals surface area contributed by atoms with Crippen molar-refractivity contribution in [2.24, 2.45) is 0 Å². The van der Waals surface area contributed by atoms with E-state index in [0.717, 1.165) is 34.0 Å². The number of ether oxygens (including phenoxy) is 2. The topological polar surface area (TPSA) is 70.3 Å². The highest BCUT2D eigenvalue weighted by Gasteiger charge is 2.18. The maximum Gasteiger partial charge on any atom is 0.162 e. The Kier molecular flexibility index (Phi) is 2.97. The first-order valence-electron chi connectivity index (χ1n) is 6.57. The molecule has 2 aromatic rings. The summed E-state index contributed by atoms with van der Waals surface area (Å²) in [6, 6.07) is 3.91. The van der Waals surface area contributed by atoms with E-state index in [0.29, 0.717) is 24.7 Å². The number of nitrogens with two attached hydrogens (primary N) is 1. The highest BCUT2D eigenvalue weighted by atomic mass is 16.6. The van der Waals surface area contributed by atoms with Crippen LogP contribution in [-0.4, -0.2) is 23.2 Å². The van der Waals surface area contributed by atoms with Crippen LogP contribution in [-0.2, 0) is 0 Å². The molecule has 5 heteroatoms. The average molecular weight is 271 g/mol. The summed E-state index contributed by atoms with van der Waals surface area (Å²) in [5.74, 6) is 2.23. The fraction of sp³-hybridized carbons (Fsp3) is 0.333. The molecule has 2 N–H and O–H groups in total. The molecule has 104 valence electrons. The van der Waals surface area contributed by atoms with Crippen LogP contribution in [0.1, 0.15) is 17.1 Å². The molecule has 0 bridgehead atoms. The molecule has 20 heavy (non-hydrogen) atoms. The lowest BCUT2D eigenvalue weighted by atomic mass is 10.0. The summed E-state index contributed by atoms with van der Waals surface area (Å²) in [5.41, 5.74) is 10.3. The van der Waals surface area contributed by atoms with Crippen LogP contribution in [0.3, 0.4) is 0 Å². The van der Waals surface area contributed by atoms with E-state index in [2.05, 4.69) is 9.97 Å². The minimum atomic E-state index is 0.562. The smallest absolute Gasteiger partial charge is 0.162 e. The summed E-state index contributed by atoms with van der Waals surface area (Å²) >= 11 is 0. The van der Waals surface area contributed by atoms with Crippen LogP contribution < -0.4 is 15.2 Å². The Balaban J connectivity index is 2.20. The summed E-state index contributed by atoms with van der Waals surface area (Å²) in [6.45, 7) is 6.91. The Morgan fingerprint density at radius 2 is 1.65 bits per heavy atom. The highest BCUT2D eigenvalue weighted by molar-refractivity contribution is 5.78. The van der Waals surface area contributed by atoms with Gasteiger partial charge in [-0.3, -0.25) is 0 Å². The summed E-state index contributed by atoms with van der Waals surface area (Å²) in [6.07, 6.45) is 0. The first-order chi connectivity index (χ1) is 9.56. The van der Waals surface area contributed by atoms with E-state index in [4.69, 9.17) is 15.2 Å². The fourth-order valence-corrected chi connectivity index (χ4v) is 2.37. The van der Waals surface area contributed by atoms with Gasteiger partial charge in [-0.1, -0.05) is 0 Å². The lowest BCUT2D eigenvalue weighted by molar-refractivity contribution is 0.171. The van der Waals surface area contributed by atoms with Crippen LogP contribution >= 0.6 is 0 Å². The number of fused-ring (bicyclic) bond motifs is 1. The molecule has 0 unspecified atom stereocenters. The summed E-state index contributed by atoms with van der Waals surface area (Å²) in [5, 5.41) is 0. The molecule has 3 rings (SSSR count). The van der Waals surface area contributed by atoms with Crippen molar-refractivity contribution in [2.45, 2.75) is 20.8 Å². The largest absolute Gasteiger partial charge is 0.486 e. The second kappa shape index (κ2) is 4.67. The molecule has 1 aliphatic rings. The molecule has 0 amide bonds. The number of nitrogen functional groups attached to an aromatic ring is 1. The molecule has 0 saturated heterocycles. The third kappa shape index (κ3) is 2.05. The monoisotopic (exact) mass is 271 g/mol. The van der Waals surface area contributed by atoms with Gasteiger partial charge in [-0.05, 0) is 38.5 Å². The van der Waals surface area contributed by atoms with Crippen molar-refractivity contribution in [3.05, 3.63) is 29.2 Å². The van der Waals surface area contributed by atoms with Crippen LogP contribution in [0.15, 0.2) is 12.1 Å². The lowest BCUT2D eigenvalue weighted by Gasteiger charge is -2.20. The highest BCUT2D eigenvalue weighted by Crippen LogP contribution is 2.38. The van der Waals surface area contributed by atoms with Crippen molar-refractivity contribution in [2.75, 3.05) is 18.9 Å². The molecule has 1 aromatic heterocycles. The number of aromatic nitrogens is 2. The molecular formula is C15H17N3O2. The summed E-state index contributed by atoms with van der Waals surface area (Å²) in [4.78, 5) is 8.77. The van der Waals surface area contributed by atoms with E-state index in [1.165, 1.54) is 0 Å². The molecule has 5 nitrogen and oxygen atoms in total. The number of rotatable bonds is 1.